The Bertz CT molecular complexity index is 1090. The zero-order valence-electron chi connectivity index (χ0n) is 19.1. The zero-order chi connectivity index (χ0) is 24.0. The summed E-state index contributed by atoms with van der Waals surface area (Å²) in [7, 11) is -0.976. The molecule has 0 radical (unpaired) electrons. The molecule has 180 valence electrons. The van der Waals surface area contributed by atoms with Crippen molar-refractivity contribution in [3.63, 3.8) is 0 Å². The van der Waals surface area contributed by atoms with Crippen molar-refractivity contribution >= 4 is 33.2 Å². The van der Waals surface area contributed by atoms with Crippen LogP contribution in [-0.4, -0.2) is 59.3 Å². The summed E-state index contributed by atoms with van der Waals surface area (Å²) in [6, 6.07) is 10.9. The quantitative estimate of drug-likeness (QED) is 0.545. The van der Waals surface area contributed by atoms with E-state index in [0.29, 0.717) is 6.54 Å². The number of carbonyl (C=O) groups excluding carboxylic acids is 1. The summed E-state index contributed by atoms with van der Waals surface area (Å²) >= 11 is 6.14. The number of amides is 1. The second-order valence-electron chi connectivity index (χ2n) is 7.96. The lowest BCUT2D eigenvalue weighted by Gasteiger charge is -2.25. The van der Waals surface area contributed by atoms with Crippen molar-refractivity contribution in [2.45, 2.75) is 25.9 Å². The van der Waals surface area contributed by atoms with E-state index >= 15 is 0 Å². The van der Waals surface area contributed by atoms with Crippen molar-refractivity contribution in [1.82, 2.24) is 10.2 Å². The number of hydrogen-bond acceptors (Lipinski definition) is 6. The molecule has 0 aromatic heterocycles. The Morgan fingerprint density at radius 3 is 2.33 bits per heavy atom. The van der Waals surface area contributed by atoms with Gasteiger partial charge in [-0.05, 0) is 37.1 Å². The van der Waals surface area contributed by atoms with E-state index in [1.54, 1.807) is 0 Å². The Labute approximate surface area is 200 Å². The highest BCUT2D eigenvalue weighted by atomic mass is 35.5. The van der Waals surface area contributed by atoms with Crippen LogP contribution in [0, 0.1) is 0 Å². The minimum atomic E-state index is -3.80. The van der Waals surface area contributed by atoms with Crippen LogP contribution in [0.1, 0.15) is 24.0 Å². The summed E-state index contributed by atoms with van der Waals surface area (Å²) in [5.74, 6) is 0.0553. The van der Waals surface area contributed by atoms with E-state index in [1.807, 2.05) is 18.2 Å². The molecule has 1 aliphatic rings. The minimum Gasteiger partial charge on any atom is -0.495 e. The van der Waals surface area contributed by atoms with Crippen LogP contribution in [0.4, 0.5) is 5.69 Å². The van der Waals surface area contributed by atoms with Gasteiger partial charge >= 0.3 is 0 Å². The molecule has 1 amide bonds. The average Bonchev–Trinajstić information content (AvgIpc) is 3.29. The Morgan fingerprint density at radius 2 is 1.73 bits per heavy atom. The van der Waals surface area contributed by atoms with Gasteiger partial charge in [0, 0.05) is 25.2 Å². The van der Waals surface area contributed by atoms with E-state index in [1.165, 1.54) is 39.2 Å². The smallest absolute Gasteiger partial charge is 0.241 e. The molecule has 0 saturated carbocycles. The molecule has 2 aromatic rings. The van der Waals surface area contributed by atoms with E-state index < -0.39 is 22.5 Å². The van der Waals surface area contributed by atoms with Crippen molar-refractivity contribution in [3.05, 3.63) is 52.5 Å². The van der Waals surface area contributed by atoms with Gasteiger partial charge in [-0.1, -0.05) is 35.9 Å². The Balaban J connectivity index is 1.75. The van der Waals surface area contributed by atoms with Gasteiger partial charge in [0.1, 0.15) is 18.0 Å². The highest BCUT2D eigenvalue weighted by molar-refractivity contribution is 7.92. The van der Waals surface area contributed by atoms with E-state index in [4.69, 9.17) is 21.1 Å². The number of halogens is 1. The van der Waals surface area contributed by atoms with E-state index in [0.717, 1.165) is 41.3 Å². The zero-order valence-corrected chi connectivity index (χ0v) is 20.7. The first-order valence-corrected chi connectivity index (χ1v) is 12.9. The molecule has 10 heteroatoms. The molecule has 1 heterocycles. The molecule has 2 aromatic carbocycles. The van der Waals surface area contributed by atoms with Gasteiger partial charge in [0.2, 0.25) is 15.9 Å². The molecule has 0 spiro atoms. The fraction of sp³-hybridized carbons (Fsp3) is 0.435. The molecular weight excluding hydrogens is 466 g/mol. The van der Waals surface area contributed by atoms with Crippen molar-refractivity contribution < 1.29 is 22.7 Å². The summed E-state index contributed by atoms with van der Waals surface area (Å²) in [5, 5.41) is 3.12. The van der Waals surface area contributed by atoms with Gasteiger partial charge in [-0.2, -0.15) is 0 Å². The van der Waals surface area contributed by atoms with Gasteiger partial charge in [0.25, 0.3) is 0 Å². The number of hydrogen-bond donors (Lipinski definition) is 1. The van der Waals surface area contributed by atoms with Gasteiger partial charge < -0.3 is 14.8 Å². The molecule has 1 N–H and O–H groups in total. The number of ether oxygens (including phenoxy) is 2. The molecule has 0 unspecified atom stereocenters. The number of sulfonamides is 1. The lowest BCUT2D eigenvalue weighted by Crippen LogP contribution is -2.40. The second kappa shape index (κ2) is 11.1. The summed E-state index contributed by atoms with van der Waals surface area (Å²) in [4.78, 5) is 15.2. The average molecular weight is 496 g/mol. The van der Waals surface area contributed by atoms with Crippen molar-refractivity contribution in [3.8, 4) is 11.5 Å². The highest BCUT2D eigenvalue weighted by Gasteiger charge is 2.26. The van der Waals surface area contributed by atoms with Gasteiger partial charge in [-0.25, -0.2) is 8.42 Å². The van der Waals surface area contributed by atoms with Gasteiger partial charge in [0.15, 0.2) is 0 Å². The lowest BCUT2D eigenvalue weighted by molar-refractivity contribution is -0.119. The van der Waals surface area contributed by atoms with Crippen LogP contribution in [0.5, 0.6) is 11.5 Å². The summed E-state index contributed by atoms with van der Waals surface area (Å²) in [5.41, 5.74) is 2.34. The first-order chi connectivity index (χ1) is 15.7. The number of likely N-dealkylation sites (tertiary alicyclic amines) is 1. The molecule has 0 bridgehead atoms. The molecule has 1 aliphatic heterocycles. The Kier molecular flexibility index (Phi) is 8.45. The number of anilines is 1. The summed E-state index contributed by atoms with van der Waals surface area (Å²) in [6.45, 7) is 2.89. The van der Waals surface area contributed by atoms with Crippen LogP contribution in [0.3, 0.4) is 0 Å². The van der Waals surface area contributed by atoms with Crippen LogP contribution in [0.25, 0.3) is 0 Å². The number of nitrogens with one attached hydrogen (secondary N) is 1. The van der Waals surface area contributed by atoms with Crippen LogP contribution < -0.4 is 19.1 Å². The standard InChI is InChI=1S/C23H30ClN3O5S/c1-31-21-13-20(22(32-2)12-19(21)24)27(33(3,29)30)16-23(28)25-14-17-8-4-5-9-18(17)15-26-10-6-7-11-26/h4-5,8-9,12-13H,6-7,10-11,14-16H2,1-3H3,(H,25,28). The normalized spacial score (nSPS) is 14.2. The number of benzene rings is 2. The Morgan fingerprint density at radius 1 is 1.09 bits per heavy atom. The van der Waals surface area contributed by atoms with Crippen molar-refractivity contribution in [2.75, 3.05) is 44.4 Å². The predicted molar refractivity (Wildman–Crippen MR) is 130 cm³/mol. The number of carbonyl (C=O) groups is 1. The van der Waals surface area contributed by atoms with E-state index in [9.17, 15) is 13.2 Å². The maximum atomic E-state index is 12.8. The first kappa shape index (κ1) is 25.1. The molecule has 0 atom stereocenters. The molecule has 1 saturated heterocycles. The topological polar surface area (TPSA) is 88.2 Å². The van der Waals surface area contributed by atoms with Crippen molar-refractivity contribution in [1.29, 1.82) is 0 Å². The third-order valence-electron chi connectivity index (χ3n) is 5.60. The summed E-state index contributed by atoms with van der Waals surface area (Å²) < 4.78 is 36.6. The van der Waals surface area contributed by atoms with Gasteiger partial charge in [-0.3, -0.25) is 14.0 Å². The molecule has 0 aliphatic carbocycles. The van der Waals surface area contributed by atoms with Crippen LogP contribution >= 0.6 is 11.6 Å². The van der Waals surface area contributed by atoms with Gasteiger partial charge in [-0.15, -0.1) is 0 Å². The number of rotatable bonds is 10. The SMILES string of the molecule is COc1cc(N(CC(=O)NCc2ccccc2CN2CCCC2)S(C)(=O)=O)c(OC)cc1Cl. The molecule has 1 fully saturated rings. The largest absolute Gasteiger partial charge is 0.495 e. The highest BCUT2D eigenvalue weighted by Crippen LogP contribution is 2.38. The third kappa shape index (κ3) is 6.52. The van der Waals surface area contributed by atoms with E-state index in [-0.39, 0.29) is 22.2 Å². The Hall–Kier alpha value is -2.49. The maximum Gasteiger partial charge on any atom is 0.241 e. The minimum absolute atomic E-state index is 0.172. The monoisotopic (exact) mass is 495 g/mol. The van der Waals surface area contributed by atoms with E-state index in [2.05, 4.69) is 16.3 Å². The molecule has 33 heavy (non-hydrogen) atoms. The predicted octanol–water partition coefficient (Wildman–Crippen LogP) is 3.04. The van der Waals surface area contributed by atoms with Crippen molar-refractivity contribution in [2.24, 2.45) is 0 Å². The lowest BCUT2D eigenvalue weighted by atomic mass is 10.1. The first-order valence-electron chi connectivity index (χ1n) is 10.7. The van der Waals surface area contributed by atoms with Crippen LogP contribution in [0.2, 0.25) is 5.02 Å². The van der Waals surface area contributed by atoms with Gasteiger partial charge in [0.05, 0.1) is 31.2 Å². The van der Waals surface area contributed by atoms with Crippen LogP contribution in [-0.2, 0) is 27.9 Å². The number of methoxy groups -OCH3 is 2. The fourth-order valence-corrected chi connectivity index (χ4v) is 4.95. The number of nitrogens with zero attached hydrogens (tertiary/aromatic N) is 2. The van der Waals surface area contributed by atoms with Crippen LogP contribution in [0.15, 0.2) is 36.4 Å². The second-order valence-corrected chi connectivity index (χ2v) is 10.3. The fourth-order valence-electron chi connectivity index (χ4n) is 3.87. The third-order valence-corrected chi connectivity index (χ3v) is 7.02. The maximum absolute atomic E-state index is 12.8. The summed E-state index contributed by atoms with van der Waals surface area (Å²) in [6.07, 6.45) is 3.45. The molecule has 8 nitrogen and oxygen atoms in total. The molecule has 3 rings (SSSR count). The molecular formula is C23H30ClN3O5S.